The summed E-state index contributed by atoms with van der Waals surface area (Å²) in [5.41, 5.74) is -0.0326. The highest BCUT2D eigenvalue weighted by Gasteiger charge is 2.32. The molecule has 2 fully saturated rings. The Balaban J connectivity index is 0.00000101. The van der Waals surface area contributed by atoms with Crippen LogP contribution >= 0.6 is 0 Å². The van der Waals surface area contributed by atoms with Gasteiger partial charge in [0.1, 0.15) is 11.9 Å². The number of piperazine rings is 1. The number of nitrogens with one attached hydrogen (secondary N) is 1. The van der Waals surface area contributed by atoms with E-state index in [2.05, 4.69) is 35.9 Å². The maximum Gasteiger partial charge on any atom is 0.317 e. The summed E-state index contributed by atoms with van der Waals surface area (Å²) in [6, 6.07) is 9.86. The minimum atomic E-state index is -0.250. The predicted molar refractivity (Wildman–Crippen MR) is 117 cm³/mol. The van der Waals surface area contributed by atoms with E-state index in [4.69, 9.17) is 14.6 Å². The fourth-order valence-electron chi connectivity index (χ4n) is 3.89. The van der Waals surface area contributed by atoms with E-state index < -0.39 is 0 Å². The van der Waals surface area contributed by atoms with Gasteiger partial charge in [0, 0.05) is 51.2 Å². The molecular formula is C22H36N4O4. The first-order chi connectivity index (χ1) is 14.4. The number of para-hydroxylation sites is 1. The first kappa shape index (κ1) is 24.0. The van der Waals surface area contributed by atoms with E-state index in [9.17, 15) is 4.79 Å². The number of benzene rings is 1. The van der Waals surface area contributed by atoms with Crippen LogP contribution < -0.4 is 10.1 Å². The Kier molecular flexibility index (Phi) is 9.39. The third-order valence-electron chi connectivity index (χ3n) is 5.83. The summed E-state index contributed by atoms with van der Waals surface area (Å²) >= 11 is 0. The van der Waals surface area contributed by atoms with Crippen LogP contribution in [0.15, 0.2) is 30.3 Å². The molecule has 2 N–H and O–H groups in total. The summed E-state index contributed by atoms with van der Waals surface area (Å²) in [5, 5.41) is 10.0. The van der Waals surface area contributed by atoms with E-state index in [1.807, 2.05) is 35.2 Å². The molecule has 0 aromatic heterocycles. The van der Waals surface area contributed by atoms with E-state index in [0.717, 1.165) is 51.4 Å². The molecule has 2 aliphatic rings. The third-order valence-corrected chi connectivity index (χ3v) is 5.83. The van der Waals surface area contributed by atoms with Crippen LogP contribution in [0.4, 0.5) is 4.79 Å². The lowest BCUT2D eigenvalue weighted by Crippen LogP contribution is -2.59. The molecule has 0 aliphatic carbocycles. The summed E-state index contributed by atoms with van der Waals surface area (Å²) in [7, 11) is 0. The molecule has 1 unspecified atom stereocenters. The van der Waals surface area contributed by atoms with Crippen LogP contribution in [0, 0.1) is 0 Å². The van der Waals surface area contributed by atoms with E-state index >= 15 is 0 Å². The second kappa shape index (κ2) is 11.8. The summed E-state index contributed by atoms with van der Waals surface area (Å²) in [4.78, 5) is 27.8. The molecule has 1 atom stereocenters. The Bertz CT molecular complexity index is 648. The second-order valence-corrected chi connectivity index (χ2v) is 8.29. The van der Waals surface area contributed by atoms with Crippen molar-refractivity contribution >= 4 is 12.5 Å². The van der Waals surface area contributed by atoms with Gasteiger partial charge in [-0.2, -0.15) is 0 Å². The number of amides is 2. The minimum Gasteiger partial charge on any atom is -0.489 e. The lowest BCUT2D eigenvalue weighted by molar-refractivity contribution is -0.122. The number of ether oxygens (including phenoxy) is 1. The first-order valence-electron chi connectivity index (χ1n) is 10.7. The average molecular weight is 421 g/mol. The molecule has 30 heavy (non-hydrogen) atoms. The molecule has 2 heterocycles. The van der Waals surface area contributed by atoms with Crippen LogP contribution in [0.1, 0.15) is 27.2 Å². The summed E-state index contributed by atoms with van der Waals surface area (Å²) in [6.45, 7) is 13.9. The van der Waals surface area contributed by atoms with Crippen molar-refractivity contribution in [1.82, 2.24) is 20.0 Å². The van der Waals surface area contributed by atoms with Crippen molar-refractivity contribution in [2.75, 3.05) is 52.4 Å². The Morgan fingerprint density at radius 1 is 1.20 bits per heavy atom. The number of nitrogens with zero attached hydrogens (tertiary/aromatic N) is 3. The van der Waals surface area contributed by atoms with Gasteiger partial charge in [-0.15, -0.1) is 0 Å². The topological polar surface area (TPSA) is 85.4 Å². The van der Waals surface area contributed by atoms with Gasteiger partial charge in [-0.25, -0.2) is 4.79 Å². The number of carbonyl (C=O) groups is 2. The van der Waals surface area contributed by atoms with Gasteiger partial charge in [0.2, 0.25) is 0 Å². The fraction of sp³-hybridized carbons (Fsp3) is 0.636. The number of rotatable bonds is 6. The van der Waals surface area contributed by atoms with Gasteiger partial charge in [0.25, 0.3) is 6.47 Å². The van der Waals surface area contributed by atoms with Crippen LogP contribution in [-0.2, 0) is 4.79 Å². The number of urea groups is 1. The normalized spacial score (nSPS) is 20.2. The third kappa shape index (κ3) is 7.18. The molecule has 0 spiro atoms. The molecule has 0 bridgehead atoms. The van der Waals surface area contributed by atoms with Crippen molar-refractivity contribution in [2.45, 2.75) is 38.8 Å². The van der Waals surface area contributed by atoms with E-state index in [1.54, 1.807) is 0 Å². The standard InChI is InChI=1S/C21H34N4O2.CH2O2/c1-4-23-12-14-25(15-13-23)21(2,3)17-22-20(26)24-11-10-19(16-24)27-18-8-6-5-7-9-18;2-1-3/h5-9,19H,4,10-17H2,1-3H3,(H,22,26);1H,(H,2,3). The quantitative estimate of drug-likeness (QED) is 0.685. The van der Waals surface area contributed by atoms with Crippen molar-refractivity contribution in [3.8, 4) is 5.75 Å². The molecular weight excluding hydrogens is 384 g/mol. The molecule has 168 valence electrons. The van der Waals surface area contributed by atoms with Crippen LogP contribution in [-0.4, -0.2) is 96.3 Å². The number of carbonyl (C=O) groups excluding carboxylic acids is 1. The predicted octanol–water partition coefficient (Wildman–Crippen LogP) is 1.97. The zero-order valence-corrected chi connectivity index (χ0v) is 18.4. The van der Waals surface area contributed by atoms with Gasteiger partial charge < -0.3 is 25.0 Å². The molecule has 1 aromatic rings. The van der Waals surface area contributed by atoms with Gasteiger partial charge in [-0.1, -0.05) is 25.1 Å². The largest absolute Gasteiger partial charge is 0.489 e. The van der Waals surface area contributed by atoms with Gasteiger partial charge in [-0.3, -0.25) is 9.69 Å². The van der Waals surface area contributed by atoms with Gasteiger partial charge in [0.15, 0.2) is 0 Å². The molecule has 0 radical (unpaired) electrons. The molecule has 8 nitrogen and oxygen atoms in total. The molecule has 2 amide bonds. The molecule has 8 heteroatoms. The van der Waals surface area contributed by atoms with Crippen molar-refractivity contribution in [2.24, 2.45) is 0 Å². The van der Waals surface area contributed by atoms with E-state index in [-0.39, 0.29) is 24.1 Å². The molecule has 2 aliphatic heterocycles. The average Bonchev–Trinajstić information content (AvgIpc) is 3.22. The first-order valence-corrected chi connectivity index (χ1v) is 10.7. The highest BCUT2D eigenvalue weighted by molar-refractivity contribution is 5.74. The highest BCUT2D eigenvalue weighted by atomic mass is 16.5. The smallest absolute Gasteiger partial charge is 0.317 e. The number of likely N-dealkylation sites (N-methyl/N-ethyl adjacent to an activating group) is 1. The summed E-state index contributed by atoms with van der Waals surface area (Å²) in [5.74, 6) is 0.872. The number of hydrogen-bond donors (Lipinski definition) is 2. The lowest BCUT2D eigenvalue weighted by Gasteiger charge is -2.44. The Morgan fingerprint density at radius 2 is 1.83 bits per heavy atom. The minimum absolute atomic E-state index is 0.0226. The van der Waals surface area contributed by atoms with Crippen LogP contribution in [0.25, 0.3) is 0 Å². The van der Waals surface area contributed by atoms with E-state index in [1.165, 1.54) is 0 Å². The molecule has 0 saturated carbocycles. The summed E-state index contributed by atoms with van der Waals surface area (Å²) < 4.78 is 5.98. The maximum atomic E-state index is 12.6. The summed E-state index contributed by atoms with van der Waals surface area (Å²) in [6.07, 6.45) is 0.957. The van der Waals surface area contributed by atoms with Crippen LogP contribution in [0.5, 0.6) is 5.75 Å². The second-order valence-electron chi connectivity index (χ2n) is 8.29. The Labute approximate surface area is 179 Å². The monoisotopic (exact) mass is 420 g/mol. The Morgan fingerprint density at radius 3 is 2.43 bits per heavy atom. The number of likely N-dealkylation sites (tertiary alicyclic amines) is 1. The van der Waals surface area contributed by atoms with E-state index in [0.29, 0.717) is 13.1 Å². The molecule has 2 saturated heterocycles. The van der Waals surface area contributed by atoms with Crippen LogP contribution in [0.2, 0.25) is 0 Å². The number of hydrogen-bond acceptors (Lipinski definition) is 5. The zero-order valence-electron chi connectivity index (χ0n) is 18.4. The van der Waals surface area contributed by atoms with Gasteiger partial charge in [-0.05, 0) is 32.5 Å². The fourth-order valence-corrected chi connectivity index (χ4v) is 3.89. The van der Waals surface area contributed by atoms with Gasteiger partial charge >= 0.3 is 6.03 Å². The van der Waals surface area contributed by atoms with Crippen LogP contribution in [0.3, 0.4) is 0 Å². The van der Waals surface area contributed by atoms with Crippen molar-refractivity contribution in [1.29, 1.82) is 0 Å². The molecule has 1 aromatic carbocycles. The van der Waals surface area contributed by atoms with Crippen molar-refractivity contribution < 1.29 is 19.4 Å². The number of carboxylic acid groups (broad SMARTS) is 1. The Hall–Kier alpha value is -2.32. The lowest BCUT2D eigenvalue weighted by atomic mass is 10.0. The molecule has 3 rings (SSSR count). The highest BCUT2D eigenvalue weighted by Crippen LogP contribution is 2.19. The zero-order chi connectivity index (χ0) is 22.0. The maximum absolute atomic E-state index is 12.6. The van der Waals surface area contributed by atoms with Crippen molar-refractivity contribution in [3.05, 3.63) is 30.3 Å². The SMILES string of the molecule is CCN1CCN(C(C)(C)CNC(=O)N2CCC(Oc3ccccc3)C2)CC1.O=CO. The van der Waals surface area contributed by atoms with Crippen molar-refractivity contribution in [3.63, 3.8) is 0 Å². The van der Waals surface area contributed by atoms with Gasteiger partial charge in [0.05, 0.1) is 6.54 Å².